The van der Waals surface area contributed by atoms with Crippen LogP contribution in [0.25, 0.3) is 0 Å². The minimum atomic E-state index is -3.60. The summed E-state index contributed by atoms with van der Waals surface area (Å²) >= 11 is 0. The van der Waals surface area contributed by atoms with E-state index in [1.165, 1.54) is 16.4 Å². The highest BCUT2D eigenvalue weighted by Gasteiger charge is 2.31. The standard InChI is InChI=1S/C12H17N3O3S/c1-8-2-3-10(6-11(8)12(14)16)19(17,18)15-5-4-9(13)7-15/h2-3,6,9H,4-5,7,13H2,1H3,(H2,14,16)/t9-/m0/s1. The van der Waals surface area contributed by atoms with Crippen LogP contribution in [0, 0.1) is 6.92 Å². The number of nitrogens with zero attached hydrogens (tertiary/aromatic N) is 1. The van der Waals surface area contributed by atoms with Crippen LogP contribution in [0.15, 0.2) is 23.1 Å². The minimum Gasteiger partial charge on any atom is -0.366 e. The molecule has 0 aromatic heterocycles. The Balaban J connectivity index is 2.41. The number of sulfonamides is 1. The number of benzene rings is 1. The molecule has 0 radical (unpaired) electrons. The fourth-order valence-electron chi connectivity index (χ4n) is 2.15. The second kappa shape index (κ2) is 4.92. The van der Waals surface area contributed by atoms with Crippen molar-refractivity contribution >= 4 is 15.9 Å². The number of carbonyl (C=O) groups is 1. The molecule has 1 saturated heterocycles. The molecule has 104 valence electrons. The molecule has 1 fully saturated rings. The predicted octanol–water partition coefficient (Wildman–Crippen LogP) is -0.184. The topological polar surface area (TPSA) is 106 Å². The highest BCUT2D eigenvalue weighted by molar-refractivity contribution is 7.89. The maximum absolute atomic E-state index is 12.4. The van der Waals surface area contributed by atoms with Gasteiger partial charge in [0.05, 0.1) is 4.90 Å². The number of hydrogen-bond acceptors (Lipinski definition) is 4. The van der Waals surface area contributed by atoms with E-state index < -0.39 is 15.9 Å². The van der Waals surface area contributed by atoms with Gasteiger partial charge in [-0.3, -0.25) is 4.79 Å². The van der Waals surface area contributed by atoms with Crippen LogP contribution >= 0.6 is 0 Å². The molecule has 2 rings (SSSR count). The molecule has 0 aliphatic carbocycles. The monoisotopic (exact) mass is 283 g/mol. The zero-order valence-corrected chi connectivity index (χ0v) is 11.5. The van der Waals surface area contributed by atoms with E-state index in [1.54, 1.807) is 13.0 Å². The summed E-state index contributed by atoms with van der Waals surface area (Å²) < 4.78 is 26.1. The van der Waals surface area contributed by atoms with Gasteiger partial charge in [-0.05, 0) is 31.0 Å². The third-order valence-electron chi connectivity index (χ3n) is 3.30. The average molecular weight is 283 g/mol. The molecule has 1 aliphatic rings. The first kappa shape index (κ1) is 14.0. The summed E-state index contributed by atoms with van der Waals surface area (Å²) in [7, 11) is -3.60. The molecule has 1 heterocycles. The molecule has 1 aromatic carbocycles. The predicted molar refractivity (Wildman–Crippen MR) is 71.0 cm³/mol. The number of amides is 1. The van der Waals surface area contributed by atoms with Gasteiger partial charge in [-0.15, -0.1) is 0 Å². The normalized spacial score (nSPS) is 20.6. The summed E-state index contributed by atoms with van der Waals surface area (Å²) in [5.41, 5.74) is 11.8. The van der Waals surface area contributed by atoms with Gasteiger partial charge in [0.25, 0.3) is 0 Å². The number of primary amides is 1. The van der Waals surface area contributed by atoms with Crippen LogP contribution < -0.4 is 11.5 Å². The van der Waals surface area contributed by atoms with E-state index in [-0.39, 0.29) is 16.5 Å². The second-order valence-electron chi connectivity index (χ2n) is 4.75. The lowest BCUT2D eigenvalue weighted by Gasteiger charge is -2.16. The lowest BCUT2D eigenvalue weighted by Crippen LogP contribution is -2.32. The van der Waals surface area contributed by atoms with E-state index in [4.69, 9.17) is 11.5 Å². The second-order valence-corrected chi connectivity index (χ2v) is 6.69. The van der Waals surface area contributed by atoms with Crippen LogP contribution in [-0.4, -0.2) is 37.8 Å². The Morgan fingerprint density at radius 3 is 2.63 bits per heavy atom. The molecule has 1 aliphatic heterocycles. The maximum atomic E-state index is 12.4. The molecule has 1 amide bonds. The lowest BCUT2D eigenvalue weighted by molar-refractivity contribution is 0.0999. The summed E-state index contributed by atoms with van der Waals surface area (Å²) in [6.45, 7) is 2.42. The van der Waals surface area contributed by atoms with Gasteiger partial charge in [0.15, 0.2) is 0 Å². The summed E-state index contributed by atoms with van der Waals surface area (Å²) in [6.07, 6.45) is 0.647. The van der Waals surface area contributed by atoms with Crippen molar-refractivity contribution in [3.05, 3.63) is 29.3 Å². The van der Waals surface area contributed by atoms with Crippen molar-refractivity contribution in [2.45, 2.75) is 24.3 Å². The molecule has 7 heteroatoms. The highest BCUT2D eigenvalue weighted by Crippen LogP contribution is 2.22. The van der Waals surface area contributed by atoms with Gasteiger partial charge in [-0.2, -0.15) is 4.31 Å². The number of aryl methyl sites for hydroxylation is 1. The molecule has 4 N–H and O–H groups in total. The summed E-state index contributed by atoms with van der Waals surface area (Å²) in [5, 5.41) is 0. The van der Waals surface area contributed by atoms with Crippen LogP contribution in [-0.2, 0) is 10.0 Å². The molecule has 0 saturated carbocycles. The van der Waals surface area contributed by atoms with Crippen molar-refractivity contribution in [1.29, 1.82) is 0 Å². The molecule has 0 bridgehead atoms. The Bertz CT molecular complexity index is 613. The Hall–Kier alpha value is -1.44. The summed E-state index contributed by atoms with van der Waals surface area (Å²) in [5.74, 6) is -0.632. The third-order valence-corrected chi connectivity index (χ3v) is 5.16. The van der Waals surface area contributed by atoms with Gasteiger partial charge in [0.1, 0.15) is 0 Å². The number of hydrogen-bond donors (Lipinski definition) is 2. The van der Waals surface area contributed by atoms with E-state index in [0.29, 0.717) is 25.1 Å². The number of rotatable bonds is 3. The molecule has 0 unspecified atom stereocenters. The van der Waals surface area contributed by atoms with Crippen molar-refractivity contribution in [3.63, 3.8) is 0 Å². The van der Waals surface area contributed by atoms with Crippen LogP contribution in [0.1, 0.15) is 22.3 Å². The van der Waals surface area contributed by atoms with Gasteiger partial charge in [0, 0.05) is 24.7 Å². The Morgan fingerprint density at radius 1 is 1.42 bits per heavy atom. The smallest absolute Gasteiger partial charge is 0.249 e. The van der Waals surface area contributed by atoms with Gasteiger partial charge in [-0.25, -0.2) is 8.42 Å². The first-order chi connectivity index (χ1) is 8.82. The van der Waals surface area contributed by atoms with Crippen molar-refractivity contribution in [2.75, 3.05) is 13.1 Å². The maximum Gasteiger partial charge on any atom is 0.249 e. The SMILES string of the molecule is Cc1ccc(S(=O)(=O)N2CC[C@H](N)C2)cc1C(N)=O. The third kappa shape index (κ3) is 2.63. The van der Waals surface area contributed by atoms with E-state index >= 15 is 0 Å². The molecule has 0 spiro atoms. The zero-order chi connectivity index (χ0) is 14.2. The van der Waals surface area contributed by atoms with Crippen LogP contribution in [0.2, 0.25) is 0 Å². The van der Waals surface area contributed by atoms with Crippen LogP contribution in [0.3, 0.4) is 0 Å². The Labute approximate surface area is 112 Å². The lowest BCUT2D eigenvalue weighted by atomic mass is 10.1. The molecular formula is C12H17N3O3S. The fourth-order valence-corrected chi connectivity index (χ4v) is 3.69. The quantitative estimate of drug-likeness (QED) is 0.802. The number of nitrogens with two attached hydrogens (primary N) is 2. The number of carbonyl (C=O) groups excluding carboxylic acids is 1. The van der Waals surface area contributed by atoms with Crippen molar-refractivity contribution in [2.24, 2.45) is 11.5 Å². The molecule has 1 atom stereocenters. The van der Waals surface area contributed by atoms with E-state index in [0.717, 1.165) is 0 Å². The fraction of sp³-hybridized carbons (Fsp3) is 0.417. The molecule has 19 heavy (non-hydrogen) atoms. The van der Waals surface area contributed by atoms with E-state index in [2.05, 4.69) is 0 Å². The molecule has 6 nitrogen and oxygen atoms in total. The van der Waals surface area contributed by atoms with Gasteiger partial charge in [0.2, 0.25) is 15.9 Å². The van der Waals surface area contributed by atoms with Crippen molar-refractivity contribution in [3.8, 4) is 0 Å². The van der Waals surface area contributed by atoms with Gasteiger partial charge < -0.3 is 11.5 Å². The molecule has 1 aromatic rings. The van der Waals surface area contributed by atoms with E-state index in [1.807, 2.05) is 0 Å². The largest absolute Gasteiger partial charge is 0.366 e. The average Bonchev–Trinajstić information content (AvgIpc) is 2.76. The van der Waals surface area contributed by atoms with Crippen LogP contribution in [0.4, 0.5) is 0 Å². The van der Waals surface area contributed by atoms with Gasteiger partial charge in [-0.1, -0.05) is 6.07 Å². The first-order valence-electron chi connectivity index (χ1n) is 5.98. The highest BCUT2D eigenvalue weighted by atomic mass is 32.2. The summed E-state index contributed by atoms with van der Waals surface area (Å²) in [6, 6.07) is 4.27. The van der Waals surface area contributed by atoms with Crippen molar-refractivity contribution < 1.29 is 13.2 Å². The van der Waals surface area contributed by atoms with Crippen LogP contribution in [0.5, 0.6) is 0 Å². The van der Waals surface area contributed by atoms with E-state index in [9.17, 15) is 13.2 Å². The first-order valence-corrected chi connectivity index (χ1v) is 7.42. The molecular weight excluding hydrogens is 266 g/mol. The summed E-state index contributed by atoms with van der Waals surface area (Å²) in [4.78, 5) is 11.4. The Morgan fingerprint density at radius 2 is 2.11 bits per heavy atom. The van der Waals surface area contributed by atoms with Gasteiger partial charge >= 0.3 is 0 Å². The minimum absolute atomic E-state index is 0.0843. The zero-order valence-electron chi connectivity index (χ0n) is 10.7. The van der Waals surface area contributed by atoms with Crippen molar-refractivity contribution in [1.82, 2.24) is 4.31 Å². The Kier molecular flexibility index (Phi) is 3.62.